The van der Waals surface area contributed by atoms with Gasteiger partial charge in [0.1, 0.15) is 12.4 Å². The molecule has 0 radical (unpaired) electrons. The van der Waals surface area contributed by atoms with Crippen molar-refractivity contribution < 1.29 is 14.3 Å². The molecule has 6 heteroatoms. The maximum Gasteiger partial charge on any atom is 0.228 e. The van der Waals surface area contributed by atoms with Gasteiger partial charge < -0.3 is 14.4 Å². The lowest BCUT2D eigenvalue weighted by molar-refractivity contribution is -0.120. The third kappa shape index (κ3) is 7.50. The molecular formula is C17H25IN2O3. The number of hydrogen-bond acceptors (Lipinski definition) is 4. The Labute approximate surface area is 152 Å². The first kappa shape index (κ1) is 18.5. The molecule has 2 rings (SSSR count). The number of carbonyl (C=O) groups is 1. The van der Waals surface area contributed by atoms with Gasteiger partial charge in [0, 0.05) is 13.0 Å². The first-order chi connectivity index (χ1) is 11.3. The predicted molar refractivity (Wildman–Crippen MR) is 98.7 cm³/mol. The van der Waals surface area contributed by atoms with Crippen molar-refractivity contribution in [3.8, 4) is 5.75 Å². The van der Waals surface area contributed by atoms with Crippen LogP contribution in [0.25, 0.3) is 0 Å². The van der Waals surface area contributed by atoms with Crippen LogP contribution in [-0.2, 0) is 9.53 Å². The van der Waals surface area contributed by atoms with E-state index in [0.29, 0.717) is 25.6 Å². The van der Waals surface area contributed by atoms with E-state index in [1.54, 1.807) is 0 Å². The summed E-state index contributed by atoms with van der Waals surface area (Å²) in [6, 6.07) is 9.79. The van der Waals surface area contributed by atoms with E-state index in [9.17, 15) is 4.79 Å². The third-order valence-electron chi connectivity index (χ3n) is 4.08. The zero-order chi connectivity index (χ0) is 16.3. The van der Waals surface area contributed by atoms with Gasteiger partial charge in [-0.25, -0.2) is 0 Å². The average molecular weight is 432 g/mol. The smallest absolute Gasteiger partial charge is 0.228 e. The van der Waals surface area contributed by atoms with Gasteiger partial charge in [0.2, 0.25) is 5.91 Å². The number of benzene rings is 1. The maximum absolute atomic E-state index is 11.4. The summed E-state index contributed by atoms with van der Waals surface area (Å²) in [5.74, 6) is 1.56. The fourth-order valence-corrected chi connectivity index (χ4v) is 2.97. The molecule has 0 aliphatic carbocycles. The number of hydrogen-bond donors (Lipinski definition) is 1. The monoisotopic (exact) mass is 432 g/mol. The Morgan fingerprint density at radius 1 is 1.17 bits per heavy atom. The van der Waals surface area contributed by atoms with Crippen molar-refractivity contribution in [2.24, 2.45) is 5.92 Å². The van der Waals surface area contributed by atoms with Gasteiger partial charge in [-0.2, -0.15) is 0 Å². The van der Waals surface area contributed by atoms with Crippen LogP contribution < -0.4 is 8.27 Å². The number of rotatable bonds is 9. The summed E-state index contributed by atoms with van der Waals surface area (Å²) >= 11 is 1.91. The lowest BCUT2D eigenvalue weighted by Gasteiger charge is -2.31. The van der Waals surface area contributed by atoms with Gasteiger partial charge in [0.15, 0.2) is 0 Å². The Morgan fingerprint density at radius 2 is 1.91 bits per heavy atom. The molecule has 1 saturated heterocycles. The lowest BCUT2D eigenvalue weighted by Crippen LogP contribution is -2.37. The molecule has 1 aliphatic heterocycles. The van der Waals surface area contributed by atoms with Crippen LogP contribution in [0.5, 0.6) is 5.75 Å². The molecule has 0 bridgehead atoms. The molecule has 0 saturated carbocycles. The Kier molecular flexibility index (Phi) is 8.70. The van der Waals surface area contributed by atoms with Crippen LogP contribution in [0.4, 0.5) is 0 Å². The van der Waals surface area contributed by atoms with E-state index in [-0.39, 0.29) is 5.91 Å². The highest BCUT2D eigenvalue weighted by atomic mass is 127. The summed E-state index contributed by atoms with van der Waals surface area (Å²) in [5.41, 5.74) is 0. The number of nitrogens with one attached hydrogen (secondary N) is 1. The van der Waals surface area contributed by atoms with Gasteiger partial charge in [0.25, 0.3) is 0 Å². The van der Waals surface area contributed by atoms with Crippen LogP contribution in [0.15, 0.2) is 30.3 Å². The minimum absolute atomic E-state index is 0.144. The highest BCUT2D eigenvalue weighted by Crippen LogP contribution is 2.20. The highest BCUT2D eigenvalue weighted by molar-refractivity contribution is 14.1. The topological polar surface area (TPSA) is 50.8 Å². The molecule has 0 spiro atoms. The minimum Gasteiger partial charge on any atom is -0.491 e. The molecule has 5 nitrogen and oxygen atoms in total. The summed E-state index contributed by atoms with van der Waals surface area (Å²) in [4.78, 5) is 13.8. The standard InChI is InChI=1S/C17H25IN2O3/c18-19-17(21)14-15-6-8-20(9-7-15)10-11-22-12-13-23-16-4-2-1-3-5-16/h1-5,15H,6-14H2,(H,19,21). The molecule has 23 heavy (non-hydrogen) atoms. The first-order valence-electron chi connectivity index (χ1n) is 8.15. The van der Waals surface area contributed by atoms with Gasteiger partial charge >= 0.3 is 0 Å². The summed E-state index contributed by atoms with van der Waals surface area (Å²) in [6.45, 7) is 5.00. The molecule has 1 heterocycles. The fourth-order valence-electron chi connectivity index (χ4n) is 2.75. The first-order valence-corrected chi connectivity index (χ1v) is 9.23. The Bertz CT molecular complexity index is 450. The number of piperidine rings is 1. The van der Waals surface area contributed by atoms with Crippen LogP contribution in [0.2, 0.25) is 0 Å². The van der Waals surface area contributed by atoms with Crippen molar-refractivity contribution >= 4 is 28.8 Å². The molecule has 1 aromatic carbocycles. The SMILES string of the molecule is O=C(CC1CCN(CCOCCOc2ccccc2)CC1)NI. The van der Waals surface area contributed by atoms with Crippen molar-refractivity contribution in [2.75, 3.05) is 39.5 Å². The summed E-state index contributed by atoms with van der Waals surface area (Å²) in [6.07, 6.45) is 2.85. The van der Waals surface area contributed by atoms with Gasteiger partial charge in [-0.1, -0.05) is 18.2 Å². The van der Waals surface area contributed by atoms with Crippen molar-refractivity contribution in [3.05, 3.63) is 30.3 Å². The molecule has 1 aliphatic rings. The maximum atomic E-state index is 11.4. The quantitative estimate of drug-likeness (QED) is 0.371. The van der Waals surface area contributed by atoms with E-state index in [4.69, 9.17) is 9.47 Å². The molecule has 1 aromatic rings. The number of likely N-dealkylation sites (tertiary alicyclic amines) is 1. The fraction of sp³-hybridized carbons (Fsp3) is 0.588. The molecule has 128 valence electrons. The Morgan fingerprint density at radius 3 is 2.61 bits per heavy atom. The molecule has 0 aromatic heterocycles. The number of ether oxygens (including phenoxy) is 2. The molecule has 1 N–H and O–H groups in total. The Balaban J connectivity index is 1.47. The highest BCUT2D eigenvalue weighted by Gasteiger charge is 2.20. The van der Waals surface area contributed by atoms with E-state index in [0.717, 1.165) is 44.8 Å². The summed E-state index contributed by atoms with van der Waals surface area (Å²) in [5, 5.41) is 0. The van der Waals surface area contributed by atoms with Crippen LogP contribution >= 0.6 is 22.9 Å². The second kappa shape index (κ2) is 10.8. The lowest BCUT2D eigenvalue weighted by atomic mass is 9.93. The van der Waals surface area contributed by atoms with Crippen molar-refractivity contribution in [1.82, 2.24) is 8.43 Å². The van der Waals surface area contributed by atoms with Crippen LogP contribution in [-0.4, -0.2) is 50.3 Å². The zero-order valence-corrected chi connectivity index (χ0v) is 15.5. The second-order valence-corrected chi connectivity index (χ2v) is 6.32. The van der Waals surface area contributed by atoms with Gasteiger partial charge in [-0.15, -0.1) is 0 Å². The number of para-hydroxylation sites is 1. The average Bonchev–Trinajstić information content (AvgIpc) is 2.60. The van der Waals surface area contributed by atoms with E-state index < -0.39 is 0 Å². The van der Waals surface area contributed by atoms with Crippen LogP contribution in [0.1, 0.15) is 19.3 Å². The molecule has 0 atom stereocenters. The second-order valence-electron chi connectivity index (χ2n) is 5.78. The minimum atomic E-state index is 0.144. The zero-order valence-electron chi connectivity index (χ0n) is 13.4. The number of carbonyl (C=O) groups excluding carboxylic acids is 1. The number of nitrogens with zero attached hydrogens (tertiary/aromatic N) is 1. The third-order valence-corrected chi connectivity index (χ3v) is 4.68. The Hall–Kier alpha value is -0.860. The normalized spacial score (nSPS) is 16.2. The van der Waals surface area contributed by atoms with E-state index in [2.05, 4.69) is 8.43 Å². The summed E-state index contributed by atoms with van der Waals surface area (Å²) < 4.78 is 13.9. The van der Waals surface area contributed by atoms with Crippen molar-refractivity contribution in [2.45, 2.75) is 19.3 Å². The number of amides is 1. The van der Waals surface area contributed by atoms with E-state index >= 15 is 0 Å². The van der Waals surface area contributed by atoms with E-state index in [1.165, 1.54) is 0 Å². The van der Waals surface area contributed by atoms with Gasteiger partial charge in [0.05, 0.1) is 36.1 Å². The molecule has 0 unspecified atom stereocenters. The predicted octanol–water partition coefficient (Wildman–Crippen LogP) is 2.65. The largest absolute Gasteiger partial charge is 0.491 e. The van der Waals surface area contributed by atoms with Gasteiger partial charge in [-0.3, -0.25) is 8.32 Å². The molecule has 1 fully saturated rings. The van der Waals surface area contributed by atoms with Gasteiger partial charge in [-0.05, 0) is 44.0 Å². The van der Waals surface area contributed by atoms with Crippen molar-refractivity contribution in [3.63, 3.8) is 0 Å². The van der Waals surface area contributed by atoms with E-state index in [1.807, 2.05) is 53.2 Å². The summed E-state index contributed by atoms with van der Waals surface area (Å²) in [7, 11) is 0. The van der Waals surface area contributed by atoms with Crippen LogP contribution in [0, 0.1) is 5.92 Å². The number of halogens is 1. The van der Waals surface area contributed by atoms with Crippen LogP contribution in [0.3, 0.4) is 0 Å². The molecular weight excluding hydrogens is 407 g/mol. The van der Waals surface area contributed by atoms with Crippen molar-refractivity contribution in [1.29, 1.82) is 0 Å². The molecule has 1 amide bonds.